The average molecular weight is 346 g/mol. The first kappa shape index (κ1) is 17.7. The Morgan fingerprint density at radius 2 is 1.88 bits per heavy atom. The molecule has 1 aromatic carbocycles. The van der Waals surface area contributed by atoms with Gasteiger partial charge in [0.2, 0.25) is 0 Å². The van der Waals surface area contributed by atoms with E-state index in [1.54, 1.807) is 0 Å². The van der Waals surface area contributed by atoms with Gasteiger partial charge in [-0.1, -0.05) is 44.2 Å². The molecule has 2 heterocycles. The summed E-state index contributed by atoms with van der Waals surface area (Å²) in [6.07, 6.45) is 3.70. The van der Waals surface area contributed by atoms with Crippen LogP contribution in [-0.4, -0.2) is 53.7 Å². The van der Waals surface area contributed by atoms with E-state index in [0.717, 1.165) is 36.5 Å². The number of likely N-dealkylation sites (tertiary alicyclic amines) is 1. The molecular formula is C20H31N3S. The van der Waals surface area contributed by atoms with Crippen molar-refractivity contribution >= 4 is 17.3 Å². The Bertz CT molecular complexity index is 523. The molecule has 0 bridgehead atoms. The summed E-state index contributed by atoms with van der Waals surface area (Å²) in [4.78, 5) is 5.09. The van der Waals surface area contributed by atoms with Gasteiger partial charge in [-0.2, -0.15) is 0 Å². The monoisotopic (exact) mass is 345 g/mol. The van der Waals surface area contributed by atoms with Gasteiger partial charge in [0.1, 0.15) is 0 Å². The molecule has 3 nitrogen and oxygen atoms in total. The molecule has 2 fully saturated rings. The molecule has 2 aliphatic rings. The summed E-state index contributed by atoms with van der Waals surface area (Å²) < 4.78 is 0. The molecular weight excluding hydrogens is 314 g/mol. The van der Waals surface area contributed by atoms with E-state index in [-0.39, 0.29) is 0 Å². The average Bonchev–Trinajstić information content (AvgIpc) is 2.90. The van der Waals surface area contributed by atoms with Gasteiger partial charge >= 0.3 is 0 Å². The summed E-state index contributed by atoms with van der Waals surface area (Å²) in [5.74, 6) is 1.55. The second kappa shape index (κ2) is 8.30. The molecule has 4 heteroatoms. The molecule has 0 radical (unpaired) electrons. The fourth-order valence-corrected chi connectivity index (χ4v) is 4.34. The molecule has 132 valence electrons. The summed E-state index contributed by atoms with van der Waals surface area (Å²) in [5, 5.41) is 4.37. The lowest BCUT2D eigenvalue weighted by molar-refractivity contribution is 0.148. The highest BCUT2D eigenvalue weighted by Crippen LogP contribution is 2.23. The van der Waals surface area contributed by atoms with E-state index in [0.29, 0.717) is 6.04 Å². The van der Waals surface area contributed by atoms with Crippen molar-refractivity contribution in [2.24, 2.45) is 11.8 Å². The third kappa shape index (κ3) is 4.70. The first-order chi connectivity index (χ1) is 11.6. The number of thiocarbonyl (C=S) groups is 1. The van der Waals surface area contributed by atoms with E-state index in [1.165, 1.54) is 38.0 Å². The molecule has 0 aromatic heterocycles. The SMILES string of the molecule is CC(C)CN1CCC(CN2C(=S)NC[C@@H]2Cc2ccccc2)CC1. The highest BCUT2D eigenvalue weighted by molar-refractivity contribution is 7.80. The van der Waals surface area contributed by atoms with E-state index in [2.05, 4.69) is 59.3 Å². The Kier molecular flexibility index (Phi) is 6.12. The zero-order chi connectivity index (χ0) is 16.9. The van der Waals surface area contributed by atoms with Crippen molar-refractivity contribution in [2.75, 3.05) is 32.7 Å². The number of nitrogens with zero attached hydrogens (tertiary/aromatic N) is 2. The van der Waals surface area contributed by atoms with Gasteiger partial charge in [-0.25, -0.2) is 0 Å². The minimum Gasteiger partial charge on any atom is -0.360 e. The number of hydrogen-bond acceptors (Lipinski definition) is 2. The molecule has 3 rings (SSSR count). The standard InChI is InChI=1S/C20H31N3S/c1-16(2)14-22-10-8-18(9-11-22)15-23-19(13-21-20(23)24)12-17-6-4-3-5-7-17/h3-7,16,18-19H,8-15H2,1-2H3,(H,21,24)/t19-/m0/s1. The minimum absolute atomic E-state index is 0.508. The van der Waals surface area contributed by atoms with E-state index < -0.39 is 0 Å². The lowest BCUT2D eigenvalue weighted by Gasteiger charge is -2.36. The predicted octanol–water partition coefficient (Wildman–Crippen LogP) is 3.16. The lowest BCUT2D eigenvalue weighted by Crippen LogP contribution is -2.43. The Balaban J connectivity index is 1.52. The van der Waals surface area contributed by atoms with Crippen molar-refractivity contribution in [2.45, 2.75) is 39.2 Å². The lowest BCUT2D eigenvalue weighted by atomic mass is 9.94. The molecule has 0 spiro atoms. The number of nitrogens with one attached hydrogen (secondary N) is 1. The molecule has 0 saturated carbocycles. The molecule has 0 aliphatic carbocycles. The van der Waals surface area contributed by atoms with E-state index >= 15 is 0 Å². The van der Waals surface area contributed by atoms with Gasteiger partial charge in [0.25, 0.3) is 0 Å². The number of benzene rings is 1. The van der Waals surface area contributed by atoms with Gasteiger partial charge in [-0.05, 0) is 62.0 Å². The molecule has 0 amide bonds. The molecule has 1 N–H and O–H groups in total. The van der Waals surface area contributed by atoms with Crippen molar-refractivity contribution in [1.29, 1.82) is 0 Å². The molecule has 1 aromatic rings. The van der Waals surface area contributed by atoms with Crippen LogP contribution in [0.1, 0.15) is 32.3 Å². The maximum absolute atomic E-state index is 5.59. The van der Waals surface area contributed by atoms with Gasteiger partial charge in [-0.15, -0.1) is 0 Å². The highest BCUT2D eigenvalue weighted by Gasteiger charge is 2.31. The maximum atomic E-state index is 5.59. The van der Waals surface area contributed by atoms with Gasteiger partial charge in [0, 0.05) is 19.6 Å². The van der Waals surface area contributed by atoms with Crippen molar-refractivity contribution in [3.63, 3.8) is 0 Å². The Morgan fingerprint density at radius 1 is 1.17 bits per heavy atom. The molecule has 0 unspecified atom stereocenters. The summed E-state index contributed by atoms with van der Waals surface area (Å²) in [5.41, 5.74) is 1.41. The van der Waals surface area contributed by atoms with E-state index in [1.807, 2.05) is 0 Å². The van der Waals surface area contributed by atoms with Crippen LogP contribution in [0.15, 0.2) is 30.3 Å². The largest absolute Gasteiger partial charge is 0.360 e. The quantitative estimate of drug-likeness (QED) is 0.798. The van der Waals surface area contributed by atoms with Gasteiger partial charge in [0.05, 0.1) is 6.04 Å². The van der Waals surface area contributed by atoms with Crippen LogP contribution in [0.25, 0.3) is 0 Å². The van der Waals surface area contributed by atoms with Crippen molar-refractivity contribution in [1.82, 2.24) is 15.1 Å². The summed E-state index contributed by atoms with van der Waals surface area (Å²) in [6.45, 7) is 10.5. The Hall–Kier alpha value is -1.13. The first-order valence-electron chi connectivity index (χ1n) is 9.42. The fraction of sp³-hybridized carbons (Fsp3) is 0.650. The van der Waals surface area contributed by atoms with Crippen LogP contribution >= 0.6 is 12.2 Å². The topological polar surface area (TPSA) is 18.5 Å². The minimum atomic E-state index is 0.508. The van der Waals surface area contributed by atoms with Crippen LogP contribution in [0.5, 0.6) is 0 Å². The summed E-state index contributed by atoms with van der Waals surface area (Å²) >= 11 is 5.59. The number of rotatable bonds is 6. The van der Waals surface area contributed by atoms with Crippen LogP contribution in [0.4, 0.5) is 0 Å². The maximum Gasteiger partial charge on any atom is 0.169 e. The molecule has 2 aliphatic heterocycles. The summed E-state index contributed by atoms with van der Waals surface area (Å²) in [7, 11) is 0. The van der Waals surface area contributed by atoms with Crippen LogP contribution in [0.3, 0.4) is 0 Å². The fourth-order valence-electron chi connectivity index (χ4n) is 4.03. The molecule has 24 heavy (non-hydrogen) atoms. The first-order valence-corrected chi connectivity index (χ1v) is 9.83. The third-order valence-electron chi connectivity index (χ3n) is 5.29. The molecule has 1 atom stereocenters. The smallest absolute Gasteiger partial charge is 0.169 e. The van der Waals surface area contributed by atoms with E-state index in [9.17, 15) is 0 Å². The zero-order valence-electron chi connectivity index (χ0n) is 15.1. The zero-order valence-corrected chi connectivity index (χ0v) is 15.9. The van der Waals surface area contributed by atoms with Crippen LogP contribution in [0, 0.1) is 11.8 Å². The second-order valence-electron chi connectivity index (χ2n) is 7.82. The van der Waals surface area contributed by atoms with E-state index in [4.69, 9.17) is 12.2 Å². The van der Waals surface area contributed by atoms with Crippen LogP contribution in [0.2, 0.25) is 0 Å². The Morgan fingerprint density at radius 3 is 2.54 bits per heavy atom. The highest BCUT2D eigenvalue weighted by atomic mass is 32.1. The van der Waals surface area contributed by atoms with Crippen LogP contribution in [-0.2, 0) is 6.42 Å². The number of piperidine rings is 1. The predicted molar refractivity (Wildman–Crippen MR) is 105 cm³/mol. The number of hydrogen-bond donors (Lipinski definition) is 1. The third-order valence-corrected chi connectivity index (χ3v) is 5.67. The van der Waals surface area contributed by atoms with Crippen LogP contribution < -0.4 is 5.32 Å². The second-order valence-corrected chi connectivity index (χ2v) is 8.21. The molecule has 2 saturated heterocycles. The van der Waals surface area contributed by atoms with Crippen molar-refractivity contribution in [3.05, 3.63) is 35.9 Å². The Labute approximate surface area is 152 Å². The van der Waals surface area contributed by atoms with Gasteiger partial charge in [0.15, 0.2) is 5.11 Å². The summed E-state index contributed by atoms with van der Waals surface area (Å²) in [6, 6.07) is 11.3. The normalized spacial score (nSPS) is 23.0. The van der Waals surface area contributed by atoms with Gasteiger partial charge < -0.3 is 15.1 Å². The van der Waals surface area contributed by atoms with Crippen molar-refractivity contribution in [3.8, 4) is 0 Å². The van der Waals surface area contributed by atoms with Gasteiger partial charge in [-0.3, -0.25) is 0 Å². The van der Waals surface area contributed by atoms with Crippen molar-refractivity contribution < 1.29 is 0 Å².